The van der Waals surface area contributed by atoms with Crippen LogP contribution in [0.2, 0.25) is 0 Å². The molecular weight excluding hydrogens is 288 g/mol. The van der Waals surface area contributed by atoms with Crippen molar-refractivity contribution in [3.8, 4) is 5.75 Å². The smallest absolute Gasteiger partial charge is 0.310 e. The van der Waals surface area contributed by atoms with E-state index in [1.54, 1.807) is 0 Å². The highest BCUT2D eigenvalue weighted by Crippen LogP contribution is 2.41. The maximum atomic E-state index is 11.8. The molecule has 3 heteroatoms. The van der Waals surface area contributed by atoms with E-state index in [1.807, 2.05) is 53.7 Å². The molecule has 0 fully saturated rings. The minimum absolute atomic E-state index is 0.242. The first-order valence-electron chi connectivity index (χ1n) is 8.50. The number of hydrogen-bond donors (Lipinski definition) is 2. The highest BCUT2D eigenvalue weighted by molar-refractivity contribution is 5.76. The van der Waals surface area contributed by atoms with Gasteiger partial charge in [0.1, 0.15) is 5.75 Å². The van der Waals surface area contributed by atoms with E-state index < -0.39 is 11.9 Å². The highest BCUT2D eigenvalue weighted by atomic mass is 16.4. The van der Waals surface area contributed by atoms with E-state index in [1.165, 1.54) is 0 Å². The van der Waals surface area contributed by atoms with Gasteiger partial charge in [0, 0.05) is 0 Å². The van der Waals surface area contributed by atoms with Crippen LogP contribution in [0.25, 0.3) is 0 Å². The number of carboxylic acid groups (broad SMARTS) is 1. The molecule has 1 aromatic rings. The second-order valence-electron chi connectivity index (χ2n) is 8.50. The zero-order valence-corrected chi connectivity index (χ0v) is 15.7. The van der Waals surface area contributed by atoms with Gasteiger partial charge in [-0.2, -0.15) is 0 Å². The fourth-order valence-electron chi connectivity index (χ4n) is 2.84. The van der Waals surface area contributed by atoms with Crippen molar-refractivity contribution in [3.63, 3.8) is 0 Å². The lowest BCUT2D eigenvalue weighted by molar-refractivity contribution is -0.139. The van der Waals surface area contributed by atoms with Crippen molar-refractivity contribution in [2.24, 2.45) is 0 Å². The van der Waals surface area contributed by atoms with Crippen molar-refractivity contribution in [3.05, 3.63) is 28.8 Å². The van der Waals surface area contributed by atoms with E-state index in [0.29, 0.717) is 12.2 Å². The zero-order chi connectivity index (χ0) is 18.0. The first-order chi connectivity index (χ1) is 10.4. The monoisotopic (exact) mass is 320 g/mol. The van der Waals surface area contributed by atoms with Crippen LogP contribution in [0.1, 0.15) is 90.3 Å². The predicted molar refractivity (Wildman–Crippen MR) is 95.4 cm³/mol. The van der Waals surface area contributed by atoms with Gasteiger partial charge in [0.15, 0.2) is 0 Å². The first kappa shape index (κ1) is 19.5. The molecule has 3 nitrogen and oxygen atoms in total. The molecule has 0 aliphatic rings. The van der Waals surface area contributed by atoms with E-state index in [-0.39, 0.29) is 10.8 Å². The van der Waals surface area contributed by atoms with E-state index in [9.17, 15) is 15.0 Å². The number of carbonyl (C=O) groups is 1. The number of hydrogen-bond acceptors (Lipinski definition) is 2. The lowest BCUT2D eigenvalue weighted by Gasteiger charge is -2.29. The summed E-state index contributed by atoms with van der Waals surface area (Å²) in [7, 11) is 0. The number of benzene rings is 1. The Morgan fingerprint density at radius 3 is 1.78 bits per heavy atom. The Labute approximate surface area is 140 Å². The van der Waals surface area contributed by atoms with E-state index in [0.717, 1.165) is 29.5 Å². The Balaban J connectivity index is 3.57. The van der Waals surface area contributed by atoms with Crippen molar-refractivity contribution in [1.82, 2.24) is 0 Å². The van der Waals surface area contributed by atoms with Crippen LogP contribution in [0.15, 0.2) is 12.1 Å². The number of phenolic OH excluding ortho intramolecular Hbond substituents is 1. The molecule has 1 aromatic carbocycles. The van der Waals surface area contributed by atoms with Crippen LogP contribution in [0.3, 0.4) is 0 Å². The minimum Gasteiger partial charge on any atom is -0.507 e. The molecule has 0 heterocycles. The van der Waals surface area contributed by atoms with Crippen molar-refractivity contribution < 1.29 is 15.0 Å². The van der Waals surface area contributed by atoms with Crippen LogP contribution in [-0.2, 0) is 15.6 Å². The quantitative estimate of drug-likeness (QED) is 0.769. The Morgan fingerprint density at radius 2 is 1.48 bits per heavy atom. The standard InChI is InChI=1S/C20H32O3/c1-8-9-10-14(18(22)23)13-11-15(19(2,3)4)17(21)16(12-13)20(5,6)7/h11-12,14,21H,8-10H2,1-7H3,(H,22,23)/t14-/m1/s1. The Bertz CT molecular complexity index is 524. The average molecular weight is 320 g/mol. The average Bonchev–Trinajstić information content (AvgIpc) is 2.37. The molecule has 0 aliphatic carbocycles. The summed E-state index contributed by atoms with van der Waals surface area (Å²) in [5, 5.41) is 20.4. The molecule has 0 spiro atoms. The second-order valence-corrected chi connectivity index (χ2v) is 8.50. The van der Waals surface area contributed by atoms with Gasteiger partial charge in [-0.15, -0.1) is 0 Å². The largest absolute Gasteiger partial charge is 0.507 e. The van der Waals surface area contributed by atoms with Gasteiger partial charge in [-0.3, -0.25) is 4.79 Å². The van der Waals surface area contributed by atoms with Gasteiger partial charge < -0.3 is 10.2 Å². The minimum atomic E-state index is -0.788. The topological polar surface area (TPSA) is 57.5 Å². The van der Waals surface area contributed by atoms with Crippen LogP contribution in [-0.4, -0.2) is 16.2 Å². The fourth-order valence-corrected chi connectivity index (χ4v) is 2.84. The third-order valence-electron chi connectivity index (χ3n) is 4.30. The molecule has 23 heavy (non-hydrogen) atoms. The lowest BCUT2D eigenvalue weighted by atomic mass is 9.76. The Morgan fingerprint density at radius 1 is 1.04 bits per heavy atom. The van der Waals surface area contributed by atoms with Crippen molar-refractivity contribution >= 4 is 5.97 Å². The van der Waals surface area contributed by atoms with E-state index in [2.05, 4.69) is 6.92 Å². The predicted octanol–water partition coefficient (Wildman–Crippen LogP) is 5.35. The summed E-state index contributed by atoms with van der Waals surface area (Å²) in [5.41, 5.74) is 1.96. The number of carboxylic acids is 1. The summed E-state index contributed by atoms with van der Waals surface area (Å²) in [5.74, 6) is -1.00. The van der Waals surface area contributed by atoms with Crippen LogP contribution < -0.4 is 0 Å². The normalized spacial score (nSPS) is 13.9. The molecule has 0 unspecified atom stereocenters. The highest BCUT2D eigenvalue weighted by Gasteiger charge is 2.29. The molecule has 0 saturated carbocycles. The molecule has 0 radical (unpaired) electrons. The summed E-state index contributed by atoms with van der Waals surface area (Å²) >= 11 is 0. The van der Waals surface area contributed by atoms with Crippen molar-refractivity contribution in [1.29, 1.82) is 0 Å². The van der Waals surface area contributed by atoms with Gasteiger partial charge in [-0.25, -0.2) is 0 Å². The zero-order valence-electron chi connectivity index (χ0n) is 15.7. The number of phenols is 1. The summed E-state index contributed by atoms with van der Waals surface area (Å²) in [6.45, 7) is 14.3. The second kappa shape index (κ2) is 6.94. The van der Waals surface area contributed by atoms with Crippen LogP contribution in [0.5, 0.6) is 5.75 Å². The van der Waals surface area contributed by atoms with Gasteiger partial charge in [-0.1, -0.05) is 73.4 Å². The molecule has 0 amide bonds. The SMILES string of the molecule is CCCC[C@@H](C(=O)O)c1cc(C(C)(C)C)c(O)c(C(C)(C)C)c1. The number of aromatic hydroxyl groups is 1. The molecule has 0 aliphatic heterocycles. The number of rotatable bonds is 5. The molecule has 0 saturated heterocycles. The molecule has 130 valence electrons. The number of unbranched alkanes of at least 4 members (excludes halogenated alkanes) is 1. The Kier molecular flexibility index (Phi) is 5.89. The molecule has 0 bridgehead atoms. The van der Waals surface area contributed by atoms with Gasteiger partial charge in [0.25, 0.3) is 0 Å². The maximum Gasteiger partial charge on any atom is 0.310 e. The van der Waals surface area contributed by atoms with Crippen molar-refractivity contribution in [2.45, 2.75) is 84.5 Å². The molecule has 0 aromatic heterocycles. The fraction of sp³-hybridized carbons (Fsp3) is 0.650. The van der Waals surface area contributed by atoms with E-state index in [4.69, 9.17) is 0 Å². The van der Waals surface area contributed by atoms with Crippen molar-refractivity contribution in [2.75, 3.05) is 0 Å². The van der Waals surface area contributed by atoms with Gasteiger partial charge in [0.05, 0.1) is 5.92 Å². The molecule has 1 atom stereocenters. The van der Waals surface area contributed by atoms with Gasteiger partial charge >= 0.3 is 5.97 Å². The third kappa shape index (κ3) is 4.73. The molecule has 2 N–H and O–H groups in total. The maximum absolute atomic E-state index is 11.8. The van der Waals surface area contributed by atoms with Crippen LogP contribution in [0, 0.1) is 0 Å². The first-order valence-corrected chi connectivity index (χ1v) is 8.50. The summed E-state index contributed by atoms with van der Waals surface area (Å²) in [6, 6.07) is 3.78. The van der Waals surface area contributed by atoms with E-state index >= 15 is 0 Å². The Hall–Kier alpha value is -1.51. The van der Waals surface area contributed by atoms with Gasteiger partial charge in [0.2, 0.25) is 0 Å². The van der Waals surface area contributed by atoms with Crippen LogP contribution in [0.4, 0.5) is 0 Å². The van der Waals surface area contributed by atoms with Gasteiger partial charge in [-0.05, 0) is 33.9 Å². The molecule has 1 rings (SSSR count). The summed E-state index contributed by atoms with van der Waals surface area (Å²) in [4.78, 5) is 11.8. The number of aliphatic carboxylic acids is 1. The van der Waals surface area contributed by atoms with Crippen LogP contribution >= 0.6 is 0 Å². The molecular formula is C20H32O3. The summed E-state index contributed by atoms with van der Waals surface area (Å²) in [6.07, 6.45) is 2.48. The summed E-state index contributed by atoms with van der Waals surface area (Å²) < 4.78 is 0. The lowest BCUT2D eigenvalue weighted by Crippen LogP contribution is -2.20. The third-order valence-corrected chi connectivity index (χ3v) is 4.30.